The van der Waals surface area contributed by atoms with Gasteiger partial charge in [0.05, 0.1) is 5.92 Å². The maximum absolute atomic E-state index is 12.9. The van der Waals surface area contributed by atoms with Gasteiger partial charge in [-0.05, 0) is 64.8 Å². The SMILES string of the molecule is CC(=O)c1ccc(NC(=O)C2CCN(C(=O)C3CC(=O)N(C(C)(C)C)C3)CC2)cc1. The number of nitrogens with one attached hydrogen (secondary N) is 1. The van der Waals surface area contributed by atoms with Crippen molar-refractivity contribution in [3.63, 3.8) is 0 Å². The van der Waals surface area contributed by atoms with Crippen molar-refractivity contribution in [2.45, 2.75) is 52.5 Å². The molecule has 1 unspecified atom stereocenters. The zero-order valence-electron chi connectivity index (χ0n) is 18.2. The first-order valence-electron chi connectivity index (χ1n) is 10.6. The van der Waals surface area contributed by atoms with E-state index in [1.54, 1.807) is 34.1 Å². The second-order valence-corrected chi connectivity index (χ2v) is 9.30. The van der Waals surface area contributed by atoms with Crippen molar-refractivity contribution >= 4 is 29.2 Å². The van der Waals surface area contributed by atoms with E-state index in [2.05, 4.69) is 5.32 Å². The third-order valence-corrected chi connectivity index (χ3v) is 6.02. The molecule has 2 fully saturated rings. The Hall–Kier alpha value is -2.70. The first-order valence-corrected chi connectivity index (χ1v) is 10.6. The van der Waals surface area contributed by atoms with Crippen LogP contribution in [0.15, 0.2) is 24.3 Å². The lowest BCUT2D eigenvalue weighted by atomic mass is 9.94. The molecule has 0 spiro atoms. The van der Waals surface area contributed by atoms with Gasteiger partial charge in [0.25, 0.3) is 0 Å². The monoisotopic (exact) mass is 413 g/mol. The van der Waals surface area contributed by atoms with Crippen LogP contribution < -0.4 is 5.32 Å². The largest absolute Gasteiger partial charge is 0.342 e. The van der Waals surface area contributed by atoms with E-state index in [9.17, 15) is 19.2 Å². The summed E-state index contributed by atoms with van der Waals surface area (Å²) in [6.45, 7) is 8.98. The number of Topliss-reactive ketones (excluding diaryl/α,β-unsaturated/α-hetero) is 1. The highest BCUT2D eigenvalue weighted by atomic mass is 16.2. The predicted octanol–water partition coefficient (Wildman–Crippen LogP) is 2.71. The summed E-state index contributed by atoms with van der Waals surface area (Å²) in [7, 11) is 0. The number of anilines is 1. The average molecular weight is 414 g/mol. The van der Waals surface area contributed by atoms with Gasteiger partial charge >= 0.3 is 0 Å². The molecule has 162 valence electrons. The summed E-state index contributed by atoms with van der Waals surface area (Å²) in [4.78, 5) is 52.7. The Morgan fingerprint density at radius 2 is 1.60 bits per heavy atom. The highest BCUT2D eigenvalue weighted by Gasteiger charge is 2.41. The van der Waals surface area contributed by atoms with Crippen molar-refractivity contribution in [3.05, 3.63) is 29.8 Å². The van der Waals surface area contributed by atoms with Crippen molar-refractivity contribution < 1.29 is 19.2 Å². The lowest BCUT2D eigenvalue weighted by Crippen LogP contribution is -2.46. The number of piperidine rings is 1. The first kappa shape index (κ1) is 22.0. The predicted molar refractivity (Wildman–Crippen MR) is 114 cm³/mol. The molecule has 2 saturated heterocycles. The van der Waals surface area contributed by atoms with Crippen molar-refractivity contribution in [2.24, 2.45) is 11.8 Å². The number of likely N-dealkylation sites (tertiary alicyclic amines) is 2. The molecule has 3 amide bonds. The summed E-state index contributed by atoms with van der Waals surface area (Å²) >= 11 is 0. The van der Waals surface area contributed by atoms with Gasteiger partial charge in [-0.25, -0.2) is 0 Å². The van der Waals surface area contributed by atoms with Crippen LogP contribution in [-0.2, 0) is 14.4 Å². The number of ketones is 1. The Morgan fingerprint density at radius 3 is 2.10 bits per heavy atom. The number of amides is 3. The van der Waals surface area contributed by atoms with Crippen LogP contribution >= 0.6 is 0 Å². The number of nitrogens with zero attached hydrogens (tertiary/aromatic N) is 2. The van der Waals surface area contributed by atoms with Gasteiger partial charge in [0.15, 0.2) is 5.78 Å². The van der Waals surface area contributed by atoms with E-state index >= 15 is 0 Å². The number of benzene rings is 1. The van der Waals surface area contributed by atoms with Gasteiger partial charge < -0.3 is 15.1 Å². The Bertz CT molecular complexity index is 833. The highest BCUT2D eigenvalue weighted by molar-refractivity contribution is 5.96. The summed E-state index contributed by atoms with van der Waals surface area (Å²) in [6, 6.07) is 6.85. The van der Waals surface area contributed by atoms with Crippen LogP contribution in [0.4, 0.5) is 5.69 Å². The van der Waals surface area contributed by atoms with E-state index in [0.29, 0.717) is 43.7 Å². The fraction of sp³-hybridized carbons (Fsp3) is 0.565. The summed E-state index contributed by atoms with van der Waals surface area (Å²) in [5, 5.41) is 2.90. The number of hydrogen-bond donors (Lipinski definition) is 1. The molecule has 0 radical (unpaired) electrons. The molecule has 0 aliphatic carbocycles. The van der Waals surface area contributed by atoms with Crippen molar-refractivity contribution in [1.82, 2.24) is 9.80 Å². The van der Waals surface area contributed by atoms with Crippen molar-refractivity contribution in [1.29, 1.82) is 0 Å². The summed E-state index contributed by atoms with van der Waals surface area (Å²) in [5.41, 5.74) is 0.991. The van der Waals surface area contributed by atoms with Gasteiger partial charge in [-0.3, -0.25) is 19.2 Å². The molecule has 2 aliphatic heterocycles. The Balaban J connectivity index is 1.50. The molecular formula is C23H31N3O4. The minimum Gasteiger partial charge on any atom is -0.342 e. The second kappa shape index (κ2) is 8.58. The van der Waals surface area contributed by atoms with Gasteiger partial charge in [-0.15, -0.1) is 0 Å². The van der Waals surface area contributed by atoms with E-state index in [0.717, 1.165) is 0 Å². The molecule has 7 heteroatoms. The van der Waals surface area contributed by atoms with E-state index in [4.69, 9.17) is 0 Å². The normalized spacial score (nSPS) is 20.4. The Morgan fingerprint density at radius 1 is 1.00 bits per heavy atom. The molecule has 2 heterocycles. The van der Waals surface area contributed by atoms with Crippen LogP contribution in [0.2, 0.25) is 0 Å². The number of hydrogen-bond acceptors (Lipinski definition) is 4. The molecule has 0 bridgehead atoms. The topological polar surface area (TPSA) is 86.8 Å². The molecule has 7 nitrogen and oxygen atoms in total. The summed E-state index contributed by atoms with van der Waals surface area (Å²) < 4.78 is 0. The fourth-order valence-electron chi connectivity index (χ4n) is 4.17. The molecule has 0 aromatic heterocycles. The van der Waals surface area contributed by atoms with Gasteiger partial charge in [0.1, 0.15) is 0 Å². The molecule has 0 saturated carbocycles. The minimum absolute atomic E-state index is 0.0144. The molecule has 3 rings (SSSR count). The third kappa shape index (κ3) is 4.89. The van der Waals surface area contributed by atoms with E-state index in [1.165, 1.54) is 6.92 Å². The Labute approximate surface area is 177 Å². The van der Waals surface area contributed by atoms with Gasteiger partial charge in [0, 0.05) is 48.8 Å². The first-order chi connectivity index (χ1) is 14.1. The quantitative estimate of drug-likeness (QED) is 0.769. The number of carbonyl (C=O) groups excluding carboxylic acids is 4. The molecule has 1 N–H and O–H groups in total. The average Bonchev–Trinajstić information content (AvgIpc) is 3.10. The zero-order valence-corrected chi connectivity index (χ0v) is 18.2. The Kier molecular flexibility index (Phi) is 6.29. The van der Waals surface area contributed by atoms with Crippen LogP contribution in [0, 0.1) is 11.8 Å². The molecule has 1 aromatic carbocycles. The number of rotatable bonds is 4. The summed E-state index contributed by atoms with van der Waals surface area (Å²) in [6.07, 6.45) is 1.48. The van der Waals surface area contributed by atoms with Gasteiger partial charge in [0.2, 0.25) is 17.7 Å². The maximum Gasteiger partial charge on any atom is 0.227 e. The van der Waals surface area contributed by atoms with E-state index < -0.39 is 0 Å². The molecule has 1 aromatic rings. The van der Waals surface area contributed by atoms with Gasteiger partial charge in [-0.1, -0.05) is 0 Å². The smallest absolute Gasteiger partial charge is 0.227 e. The third-order valence-electron chi connectivity index (χ3n) is 6.02. The molecular weight excluding hydrogens is 382 g/mol. The standard InChI is InChI=1S/C23H31N3O4/c1-15(27)16-5-7-19(8-6-16)24-21(29)17-9-11-25(12-10-17)22(30)18-13-20(28)26(14-18)23(2,3)4/h5-8,17-18H,9-14H2,1-4H3,(H,24,29). The molecule has 2 aliphatic rings. The molecule has 30 heavy (non-hydrogen) atoms. The lowest BCUT2D eigenvalue weighted by molar-refractivity contribution is -0.138. The van der Waals surface area contributed by atoms with E-state index in [1.807, 2.05) is 20.8 Å². The zero-order chi connectivity index (χ0) is 22.1. The van der Waals surface area contributed by atoms with Crippen LogP contribution in [0.1, 0.15) is 57.3 Å². The van der Waals surface area contributed by atoms with Crippen LogP contribution in [0.3, 0.4) is 0 Å². The highest BCUT2D eigenvalue weighted by Crippen LogP contribution is 2.29. The minimum atomic E-state index is -0.290. The van der Waals surface area contributed by atoms with Crippen LogP contribution in [-0.4, -0.2) is 58.5 Å². The lowest BCUT2D eigenvalue weighted by Gasteiger charge is -2.34. The fourth-order valence-corrected chi connectivity index (χ4v) is 4.17. The van der Waals surface area contributed by atoms with Crippen LogP contribution in [0.5, 0.6) is 0 Å². The number of carbonyl (C=O) groups is 4. The van der Waals surface area contributed by atoms with Crippen molar-refractivity contribution in [3.8, 4) is 0 Å². The van der Waals surface area contributed by atoms with E-state index in [-0.39, 0.29) is 47.3 Å². The summed E-state index contributed by atoms with van der Waals surface area (Å²) in [5.74, 6) is -0.466. The van der Waals surface area contributed by atoms with Gasteiger partial charge in [-0.2, -0.15) is 0 Å². The molecule has 1 atom stereocenters. The maximum atomic E-state index is 12.9. The van der Waals surface area contributed by atoms with Crippen LogP contribution in [0.25, 0.3) is 0 Å². The van der Waals surface area contributed by atoms with Crippen molar-refractivity contribution in [2.75, 3.05) is 25.0 Å². The second-order valence-electron chi connectivity index (χ2n) is 9.30.